The van der Waals surface area contributed by atoms with Crippen molar-refractivity contribution in [1.29, 1.82) is 0 Å². The molecule has 5 heterocycles. The van der Waals surface area contributed by atoms with Gasteiger partial charge in [-0.25, -0.2) is 0 Å². The van der Waals surface area contributed by atoms with E-state index in [0.717, 1.165) is 83.0 Å². The molecule has 4 aromatic heterocycles. The molecule has 0 radical (unpaired) electrons. The summed E-state index contributed by atoms with van der Waals surface area (Å²) in [5.41, 5.74) is 14.3. The molecule has 0 saturated carbocycles. The van der Waals surface area contributed by atoms with Gasteiger partial charge in [0.25, 0.3) is 0 Å². The lowest BCUT2D eigenvalue weighted by Gasteiger charge is -2.28. The number of nitrogens with zero attached hydrogens (tertiary/aromatic N) is 7. The van der Waals surface area contributed by atoms with Gasteiger partial charge < -0.3 is 14.0 Å². The summed E-state index contributed by atoms with van der Waals surface area (Å²) < 4.78 is 7.14. The SMILES string of the molecule is C1=CC2c3ccc4c5ccccc5n(-c5ccccc5)c4c3N(c3nc(-c4ccc(-c5ccccc5)cc4)nc(-n4c5ccccc5c5ccc6c7ccccc7n(-c7ccccc7)c6c54)n3)C2C=C1. The third-order valence-electron chi connectivity index (χ3n) is 14.6. The number of hydrogen-bond donors (Lipinski definition) is 0. The highest BCUT2D eigenvalue weighted by atomic mass is 15.3. The number of rotatable bonds is 6. The van der Waals surface area contributed by atoms with E-state index in [2.05, 4.69) is 255 Å². The quantitative estimate of drug-likeness (QED) is 0.167. The van der Waals surface area contributed by atoms with E-state index in [9.17, 15) is 0 Å². The first-order chi connectivity index (χ1) is 34.8. The summed E-state index contributed by atoms with van der Waals surface area (Å²) in [7, 11) is 0. The Morgan fingerprint density at radius 2 is 0.786 bits per heavy atom. The molecular weight excluding hydrogens is 855 g/mol. The highest BCUT2D eigenvalue weighted by Gasteiger charge is 2.42. The Hall–Kier alpha value is -9.33. The minimum Gasteiger partial charge on any atom is -0.307 e. The van der Waals surface area contributed by atoms with Crippen molar-refractivity contribution in [2.75, 3.05) is 4.90 Å². The molecule has 0 saturated heterocycles. The number of aromatic nitrogens is 6. The largest absolute Gasteiger partial charge is 0.307 e. The Labute approximate surface area is 402 Å². The lowest BCUT2D eigenvalue weighted by molar-refractivity contribution is 0.725. The first-order valence-corrected chi connectivity index (χ1v) is 24.0. The van der Waals surface area contributed by atoms with E-state index in [1.807, 2.05) is 0 Å². The summed E-state index contributed by atoms with van der Waals surface area (Å²) in [5.74, 6) is 1.79. The van der Waals surface area contributed by atoms with Crippen LogP contribution < -0.4 is 4.90 Å². The van der Waals surface area contributed by atoms with Gasteiger partial charge >= 0.3 is 0 Å². The zero-order valence-corrected chi connectivity index (χ0v) is 37.8. The van der Waals surface area contributed by atoms with Crippen LogP contribution in [0.3, 0.4) is 0 Å². The molecule has 7 heteroatoms. The predicted octanol–water partition coefficient (Wildman–Crippen LogP) is 15.2. The van der Waals surface area contributed by atoms with E-state index < -0.39 is 0 Å². The smallest absolute Gasteiger partial charge is 0.240 e. The average Bonchev–Trinajstić information content (AvgIpc) is 4.17. The number of para-hydroxylation sites is 5. The van der Waals surface area contributed by atoms with Crippen LogP contribution in [0.5, 0.6) is 0 Å². The molecule has 0 bridgehead atoms. The fourth-order valence-corrected chi connectivity index (χ4v) is 11.6. The zero-order chi connectivity index (χ0) is 45.9. The van der Waals surface area contributed by atoms with Crippen molar-refractivity contribution in [2.24, 2.45) is 0 Å². The molecule has 0 fully saturated rings. The minimum atomic E-state index is -0.0955. The zero-order valence-electron chi connectivity index (χ0n) is 37.8. The molecule has 7 nitrogen and oxygen atoms in total. The summed E-state index contributed by atoms with van der Waals surface area (Å²) in [6.07, 6.45) is 8.99. The number of fused-ring (bicyclic) bond motifs is 14. The average molecular weight is 896 g/mol. The molecule has 15 rings (SSSR count). The summed E-state index contributed by atoms with van der Waals surface area (Å²) in [6, 6.07) is 75.8. The molecule has 328 valence electrons. The Balaban J connectivity index is 1.07. The van der Waals surface area contributed by atoms with Gasteiger partial charge in [0, 0.05) is 55.2 Å². The van der Waals surface area contributed by atoms with Crippen LogP contribution in [0, 0.1) is 0 Å². The van der Waals surface area contributed by atoms with Gasteiger partial charge in [-0.05, 0) is 59.2 Å². The maximum Gasteiger partial charge on any atom is 0.240 e. The lowest BCUT2D eigenvalue weighted by atomic mass is 9.91. The molecular formula is C63H41N7. The Morgan fingerprint density at radius 1 is 0.329 bits per heavy atom. The van der Waals surface area contributed by atoms with E-state index in [1.165, 1.54) is 21.7 Å². The molecule has 1 aliphatic heterocycles. The van der Waals surface area contributed by atoms with Gasteiger partial charge in [-0.15, -0.1) is 0 Å². The molecule has 2 unspecified atom stereocenters. The van der Waals surface area contributed by atoms with Crippen molar-refractivity contribution in [3.8, 4) is 39.8 Å². The predicted molar refractivity (Wildman–Crippen MR) is 287 cm³/mol. The molecule has 70 heavy (non-hydrogen) atoms. The van der Waals surface area contributed by atoms with Crippen molar-refractivity contribution in [3.05, 3.63) is 242 Å². The van der Waals surface area contributed by atoms with Crippen molar-refractivity contribution in [2.45, 2.75) is 12.0 Å². The van der Waals surface area contributed by atoms with E-state index in [4.69, 9.17) is 15.0 Å². The Bertz CT molecular complexity index is 4290. The fourth-order valence-electron chi connectivity index (χ4n) is 11.6. The van der Waals surface area contributed by atoms with Crippen LogP contribution in [-0.4, -0.2) is 34.7 Å². The molecule has 9 aromatic carbocycles. The van der Waals surface area contributed by atoms with Gasteiger partial charge in [-0.1, -0.05) is 194 Å². The van der Waals surface area contributed by atoms with Crippen molar-refractivity contribution < 1.29 is 0 Å². The fraction of sp³-hybridized carbons (Fsp3) is 0.0317. The van der Waals surface area contributed by atoms with E-state index in [-0.39, 0.29) is 12.0 Å². The summed E-state index contributed by atoms with van der Waals surface area (Å²) in [4.78, 5) is 19.3. The maximum atomic E-state index is 5.76. The van der Waals surface area contributed by atoms with Crippen LogP contribution in [0.4, 0.5) is 11.6 Å². The molecule has 1 aliphatic carbocycles. The van der Waals surface area contributed by atoms with Crippen LogP contribution in [0.2, 0.25) is 0 Å². The Morgan fingerprint density at radius 3 is 1.41 bits per heavy atom. The van der Waals surface area contributed by atoms with E-state index in [0.29, 0.717) is 17.7 Å². The first-order valence-electron chi connectivity index (χ1n) is 24.0. The van der Waals surface area contributed by atoms with E-state index in [1.54, 1.807) is 0 Å². The lowest BCUT2D eigenvalue weighted by Crippen LogP contribution is -2.31. The van der Waals surface area contributed by atoms with Crippen LogP contribution in [-0.2, 0) is 0 Å². The summed E-state index contributed by atoms with van der Waals surface area (Å²) in [5, 5.41) is 6.97. The maximum absolute atomic E-state index is 5.76. The van der Waals surface area contributed by atoms with Crippen LogP contribution in [0.25, 0.3) is 105 Å². The van der Waals surface area contributed by atoms with Gasteiger partial charge in [-0.2, -0.15) is 15.0 Å². The molecule has 0 N–H and O–H groups in total. The van der Waals surface area contributed by atoms with Gasteiger partial charge in [0.2, 0.25) is 11.9 Å². The highest BCUT2D eigenvalue weighted by molar-refractivity contribution is 6.24. The molecule has 2 atom stereocenters. The van der Waals surface area contributed by atoms with Crippen LogP contribution in [0.1, 0.15) is 11.5 Å². The first kappa shape index (κ1) is 38.7. The van der Waals surface area contributed by atoms with Gasteiger partial charge in [-0.3, -0.25) is 4.57 Å². The topological polar surface area (TPSA) is 56.7 Å². The Kier molecular flexibility index (Phi) is 8.35. The molecule has 13 aromatic rings. The molecule has 0 spiro atoms. The summed E-state index contributed by atoms with van der Waals surface area (Å²) in [6.45, 7) is 0. The standard InChI is InChI=1S/C63H41N7/c1-4-18-40(19-5-1)41-32-34-42(35-33-41)61-64-62(69-55-30-16-12-26-47(55)51-38-36-49-45-24-10-14-28-53(45)67(57(49)59(51)69)43-20-6-2-7-21-43)66-63(65-61)70-56-31-17-13-27-48(56)52-39-37-50-46-25-11-15-29-54(46)68(58(50)60(52)70)44-22-8-3-9-23-44/h1-39,47,55H. The highest BCUT2D eigenvalue weighted by Crippen LogP contribution is 2.52. The van der Waals surface area contributed by atoms with Gasteiger partial charge in [0.1, 0.15) is 0 Å². The number of anilines is 2. The monoisotopic (exact) mass is 895 g/mol. The van der Waals surface area contributed by atoms with Crippen LogP contribution in [0.15, 0.2) is 237 Å². The minimum absolute atomic E-state index is 0.0647. The van der Waals surface area contributed by atoms with Crippen molar-refractivity contribution in [3.63, 3.8) is 0 Å². The molecule has 0 amide bonds. The third-order valence-corrected chi connectivity index (χ3v) is 14.6. The third kappa shape index (κ3) is 5.60. The van der Waals surface area contributed by atoms with Crippen LogP contribution >= 0.6 is 0 Å². The second-order valence-electron chi connectivity index (χ2n) is 18.3. The number of benzene rings is 9. The number of hydrogen-bond acceptors (Lipinski definition) is 4. The van der Waals surface area contributed by atoms with Crippen molar-refractivity contribution in [1.82, 2.24) is 28.7 Å². The number of allylic oxidation sites excluding steroid dienone is 2. The second kappa shape index (κ2) is 15.1. The second-order valence-corrected chi connectivity index (χ2v) is 18.3. The molecule has 2 aliphatic rings. The van der Waals surface area contributed by atoms with E-state index >= 15 is 0 Å². The van der Waals surface area contributed by atoms with Crippen molar-refractivity contribution >= 4 is 77.1 Å². The normalized spacial score (nSPS) is 15.3. The van der Waals surface area contributed by atoms with Gasteiger partial charge in [0.15, 0.2) is 5.82 Å². The van der Waals surface area contributed by atoms with Gasteiger partial charge in [0.05, 0.1) is 44.8 Å². The summed E-state index contributed by atoms with van der Waals surface area (Å²) >= 11 is 0.